The first-order valence-corrected chi connectivity index (χ1v) is 5.94. The van der Waals surface area contributed by atoms with Crippen molar-refractivity contribution in [2.75, 3.05) is 26.1 Å². The number of pyridine rings is 1. The number of hydrogen-bond donors (Lipinski definition) is 1. The standard InChI is InChI=1S/C14H15N3O2/c1-4-16-13-9(7-15)8-17-14-11(19-3)6-5-10(18-2)12(13)14/h5-6,8H,4H2,1-3H3,(H,16,17). The zero-order valence-corrected chi connectivity index (χ0v) is 11.2. The van der Waals surface area contributed by atoms with Crippen molar-refractivity contribution in [2.45, 2.75) is 6.92 Å². The van der Waals surface area contributed by atoms with Crippen molar-refractivity contribution < 1.29 is 9.47 Å². The van der Waals surface area contributed by atoms with Gasteiger partial charge in [-0.15, -0.1) is 0 Å². The fraction of sp³-hybridized carbons (Fsp3) is 0.286. The van der Waals surface area contributed by atoms with Gasteiger partial charge in [-0.1, -0.05) is 0 Å². The summed E-state index contributed by atoms with van der Waals surface area (Å²) in [6, 6.07) is 5.75. The van der Waals surface area contributed by atoms with Crippen molar-refractivity contribution in [3.63, 3.8) is 0 Å². The molecule has 0 amide bonds. The molecule has 0 bridgehead atoms. The normalized spacial score (nSPS) is 10.0. The first-order chi connectivity index (χ1) is 9.26. The third-order valence-corrected chi connectivity index (χ3v) is 2.86. The molecule has 0 aliphatic carbocycles. The van der Waals surface area contributed by atoms with E-state index < -0.39 is 0 Å². The summed E-state index contributed by atoms with van der Waals surface area (Å²) in [7, 11) is 3.18. The molecule has 0 fully saturated rings. The molecule has 0 unspecified atom stereocenters. The minimum absolute atomic E-state index is 0.487. The Morgan fingerprint density at radius 3 is 2.53 bits per heavy atom. The van der Waals surface area contributed by atoms with Crippen molar-refractivity contribution >= 4 is 16.6 Å². The van der Waals surface area contributed by atoms with Crippen LogP contribution < -0.4 is 14.8 Å². The Labute approximate surface area is 111 Å². The molecule has 0 saturated carbocycles. The van der Waals surface area contributed by atoms with Crippen LogP contribution >= 0.6 is 0 Å². The van der Waals surface area contributed by atoms with Gasteiger partial charge in [0.1, 0.15) is 23.1 Å². The molecule has 1 heterocycles. The van der Waals surface area contributed by atoms with Gasteiger partial charge in [0.15, 0.2) is 0 Å². The van der Waals surface area contributed by atoms with Gasteiger partial charge in [-0.05, 0) is 19.1 Å². The van der Waals surface area contributed by atoms with E-state index in [2.05, 4.69) is 16.4 Å². The number of benzene rings is 1. The Hall–Kier alpha value is -2.48. The van der Waals surface area contributed by atoms with Gasteiger partial charge in [-0.3, -0.25) is 4.98 Å². The number of aromatic nitrogens is 1. The number of hydrogen-bond acceptors (Lipinski definition) is 5. The molecule has 1 N–H and O–H groups in total. The van der Waals surface area contributed by atoms with Crippen LogP contribution in [0.5, 0.6) is 11.5 Å². The van der Waals surface area contributed by atoms with Crippen LogP contribution in [-0.4, -0.2) is 25.7 Å². The van der Waals surface area contributed by atoms with Crippen LogP contribution in [0, 0.1) is 11.3 Å². The zero-order chi connectivity index (χ0) is 13.8. The number of nitrogens with zero attached hydrogens (tertiary/aromatic N) is 2. The third-order valence-electron chi connectivity index (χ3n) is 2.86. The second kappa shape index (κ2) is 5.44. The summed E-state index contributed by atoms with van der Waals surface area (Å²) < 4.78 is 10.7. The minimum atomic E-state index is 0.487. The predicted molar refractivity (Wildman–Crippen MR) is 73.7 cm³/mol. The average Bonchev–Trinajstić information content (AvgIpc) is 2.46. The molecule has 0 radical (unpaired) electrons. The summed E-state index contributed by atoms with van der Waals surface area (Å²) in [6.45, 7) is 2.67. The van der Waals surface area contributed by atoms with Crippen LogP contribution in [0.1, 0.15) is 12.5 Å². The van der Waals surface area contributed by atoms with Gasteiger partial charge in [0.25, 0.3) is 0 Å². The molecule has 5 nitrogen and oxygen atoms in total. The molecule has 0 aliphatic heterocycles. The van der Waals surface area contributed by atoms with Crippen LogP contribution in [0.25, 0.3) is 10.9 Å². The van der Waals surface area contributed by atoms with Crippen LogP contribution in [0.2, 0.25) is 0 Å². The molecule has 0 aliphatic rings. The lowest BCUT2D eigenvalue weighted by Gasteiger charge is -2.14. The molecule has 2 rings (SSSR count). The second-order valence-electron chi connectivity index (χ2n) is 3.88. The quantitative estimate of drug-likeness (QED) is 0.911. The van der Waals surface area contributed by atoms with Gasteiger partial charge in [0, 0.05) is 12.7 Å². The number of nitriles is 1. The summed E-state index contributed by atoms with van der Waals surface area (Å²) in [4.78, 5) is 4.31. The molecular weight excluding hydrogens is 242 g/mol. The highest BCUT2D eigenvalue weighted by molar-refractivity contribution is 6.01. The second-order valence-corrected chi connectivity index (χ2v) is 3.88. The van der Waals surface area contributed by atoms with E-state index in [0.29, 0.717) is 29.1 Å². The summed E-state index contributed by atoms with van der Waals surface area (Å²) in [5, 5.41) is 13.2. The molecule has 0 saturated heterocycles. The fourth-order valence-corrected chi connectivity index (χ4v) is 2.03. The van der Waals surface area contributed by atoms with Gasteiger partial charge in [0.2, 0.25) is 0 Å². The summed E-state index contributed by atoms with van der Waals surface area (Å²) in [5.74, 6) is 1.32. The lowest BCUT2D eigenvalue weighted by atomic mass is 10.1. The SMILES string of the molecule is CCNc1c(C#N)cnc2c(OC)ccc(OC)c12. The molecule has 0 atom stereocenters. The summed E-state index contributed by atoms with van der Waals surface area (Å²) in [5.41, 5.74) is 1.89. The monoisotopic (exact) mass is 257 g/mol. The molecule has 0 spiro atoms. The van der Waals surface area contributed by atoms with Crippen molar-refractivity contribution in [1.82, 2.24) is 4.98 Å². The van der Waals surface area contributed by atoms with E-state index in [1.807, 2.05) is 13.0 Å². The van der Waals surface area contributed by atoms with Gasteiger partial charge in [-0.25, -0.2) is 0 Å². The maximum absolute atomic E-state index is 9.19. The Bertz CT molecular complexity index is 647. The Balaban J connectivity index is 2.88. The van der Waals surface area contributed by atoms with Crippen LogP contribution in [0.3, 0.4) is 0 Å². The summed E-state index contributed by atoms with van der Waals surface area (Å²) >= 11 is 0. The van der Waals surface area contributed by atoms with Crippen LogP contribution in [-0.2, 0) is 0 Å². The average molecular weight is 257 g/mol. The van der Waals surface area contributed by atoms with E-state index in [0.717, 1.165) is 11.1 Å². The molecule has 98 valence electrons. The molecular formula is C14H15N3O2. The molecule has 2 aromatic rings. The molecule has 19 heavy (non-hydrogen) atoms. The number of fused-ring (bicyclic) bond motifs is 1. The highest BCUT2D eigenvalue weighted by Gasteiger charge is 2.15. The van der Waals surface area contributed by atoms with E-state index >= 15 is 0 Å². The van der Waals surface area contributed by atoms with Crippen molar-refractivity contribution in [2.24, 2.45) is 0 Å². The molecule has 1 aromatic heterocycles. The first kappa shape index (κ1) is 13.0. The number of methoxy groups -OCH3 is 2. The number of rotatable bonds is 4. The van der Waals surface area contributed by atoms with Gasteiger partial charge < -0.3 is 14.8 Å². The highest BCUT2D eigenvalue weighted by Crippen LogP contribution is 2.38. The van der Waals surface area contributed by atoms with Gasteiger partial charge >= 0.3 is 0 Å². The smallest absolute Gasteiger partial charge is 0.145 e. The Morgan fingerprint density at radius 1 is 1.26 bits per heavy atom. The van der Waals surface area contributed by atoms with Gasteiger partial charge in [-0.2, -0.15) is 5.26 Å². The summed E-state index contributed by atoms with van der Waals surface area (Å²) in [6.07, 6.45) is 1.54. The van der Waals surface area contributed by atoms with Crippen molar-refractivity contribution in [3.05, 3.63) is 23.9 Å². The van der Waals surface area contributed by atoms with E-state index in [1.165, 1.54) is 0 Å². The van der Waals surface area contributed by atoms with Crippen LogP contribution in [0.4, 0.5) is 5.69 Å². The lowest BCUT2D eigenvalue weighted by Crippen LogP contribution is -2.03. The fourth-order valence-electron chi connectivity index (χ4n) is 2.03. The number of anilines is 1. The Morgan fingerprint density at radius 2 is 1.95 bits per heavy atom. The minimum Gasteiger partial charge on any atom is -0.496 e. The van der Waals surface area contributed by atoms with Crippen molar-refractivity contribution in [3.8, 4) is 17.6 Å². The van der Waals surface area contributed by atoms with E-state index in [1.54, 1.807) is 26.5 Å². The molecule has 5 heteroatoms. The lowest BCUT2D eigenvalue weighted by molar-refractivity contribution is 0.410. The highest BCUT2D eigenvalue weighted by atomic mass is 16.5. The third kappa shape index (κ3) is 2.13. The van der Waals surface area contributed by atoms with Crippen LogP contribution in [0.15, 0.2) is 18.3 Å². The van der Waals surface area contributed by atoms with E-state index in [9.17, 15) is 5.26 Å². The number of ether oxygens (including phenoxy) is 2. The maximum Gasteiger partial charge on any atom is 0.145 e. The topological polar surface area (TPSA) is 67.2 Å². The van der Waals surface area contributed by atoms with Gasteiger partial charge in [0.05, 0.1) is 30.9 Å². The van der Waals surface area contributed by atoms with E-state index in [4.69, 9.17) is 9.47 Å². The number of nitrogens with one attached hydrogen (secondary N) is 1. The van der Waals surface area contributed by atoms with Crippen molar-refractivity contribution in [1.29, 1.82) is 5.26 Å². The van der Waals surface area contributed by atoms with E-state index in [-0.39, 0.29) is 0 Å². The first-order valence-electron chi connectivity index (χ1n) is 5.94. The molecule has 1 aromatic carbocycles. The zero-order valence-electron chi connectivity index (χ0n) is 11.2. The largest absolute Gasteiger partial charge is 0.496 e. The maximum atomic E-state index is 9.19. The Kier molecular flexibility index (Phi) is 3.71. The predicted octanol–water partition coefficient (Wildman–Crippen LogP) is 2.56.